The van der Waals surface area contributed by atoms with Crippen molar-refractivity contribution in [2.45, 2.75) is 30.1 Å². The molecular formula is C18H18F3N3O2S. The van der Waals surface area contributed by atoms with Crippen molar-refractivity contribution < 1.29 is 21.6 Å². The summed E-state index contributed by atoms with van der Waals surface area (Å²) in [6.07, 6.45) is -3.77. The van der Waals surface area contributed by atoms with Crippen LogP contribution < -0.4 is 10.7 Å². The van der Waals surface area contributed by atoms with E-state index >= 15 is 0 Å². The molecule has 2 aromatic carbocycles. The molecule has 0 saturated heterocycles. The largest absolute Gasteiger partial charge is 0.431 e. The van der Waals surface area contributed by atoms with Gasteiger partial charge < -0.3 is 5.73 Å². The molecule has 0 amide bonds. The number of halogens is 3. The zero-order chi connectivity index (χ0) is 19.8. The third kappa shape index (κ3) is 4.14. The van der Waals surface area contributed by atoms with Gasteiger partial charge in [0.25, 0.3) is 0 Å². The second-order valence-corrected chi connectivity index (χ2v) is 8.34. The zero-order valence-corrected chi connectivity index (χ0v) is 15.3. The molecule has 0 spiro atoms. The molecule has 0 bridgehead atoms. The smallest absolute Gasteiger partial charge is 0.326 e. The van der Waals surface area contributed by atoms with E-state index in [1.807, 2.05) is 0 Å². The molecule has 5 nitrogen and oxygen atoms in total. The molecular weight excluding hydrogens is 379 g/mol. The molecule has 1 unspecified atom stereocenters. The van der Waals surface area contributed by atoms with Crippen LogP contribution in [-0.2, 0) is 16.4 Å². The molecule has 1 heterocycles. The van der Waals surface area contributed by atoms with Gasteiger partial charge in [-0.05, 0) is 35.4 Å². The van der Waals surface area contributed by atoms with E-state index in [0.717, 1.165) is 11.8 Å². The Morgan fingerprint density at radius 1 is 1.11 bits per heavy atom. The molecule has 27 heavy (non-hydrogen) atoms. The second kappa shape index (κ2) is 6.97. The van der Waals surface area contributed by atoms with Gasteiger partial charge in [-0.2, -0.15) is 18.3 Å². The molecule has 3 rings (SSSR count). The lowest BCUT2D eigenvalue weighted by Gasteiger charge is -2.24. The molecule has 1 atom stereocenters. The highest BCUT2D eigenvalue weighted by Gasteiger charge is 2.43. The van der Waals surface area contributed by atoms with E-state index in [4.69, 9.17) is 5.73 Å². The van der Waals surface area contributed by atoms with Crippen molar-refractivity contribution in [1.82, 2.24) is 0 Å². The van der Waals surface area contributed by atoms with E-state index < -0.39 is 27.8 Å². The standard InChI is InChI=1S/C18H18F3N3O2S/c1-27(25,26)15-8-4-13(5-9-15)16-10-17(18(19,20)21)23-24(16)14-6-2-12(11-22)3-7-14/h2-9,16H,10-11,22H2,1H3. The van der Waals surface area contributed by atoms with E-state index in [-0.39, 0.29) is 11.3 Å². The summed E-state index contributed by atoms with van der Waals surface area (Å²) in [4.78, 5) is 0.111. The topological polar surface area (TPSA) is 75.8 Å². The van der Waals surface area contributed by atoms with Crippen LogP contribution in [0.4, 0.5) is 18.9 Å². The molecule has 0 radical (unpaired) electrons. The summed E-state index contributed by atoms with van der Waals surface area (Å²) in [5, 5.41) is 5.11. The molecule has 1 aliphatic rings. The Labute approximate surface area is 155 Å². The molecule has 2 N–H and O–H groups in total. The number of anilines is 1. The van der Waals surface area contributed by atoms with Crippen molar-refractivity contribution in [2.24, 2.45) is 10.8 Å². The van der Waals surface area contributed by atoms with Crippen LogP contribution >= 0.6 is 0 Å². The predicted molar refractivity (Wildman–Crippen MR) is 97.2 cm³/mol. The molecule has 9 heteroatoms. The van der Waals surface area contributed by atoms with Crippen molar-refractivity contribution >= 4 is 21.2 Å². The van der Waals surface area contributed by atoms with Crippen molar-refractivity contribution in [1.29, 1.82) is 0 Å². The zero-order valence-electron chi connectivity index (χ0n) is 14.4. The Morgan fingerprint density at radius 3 is 2.19 bits per heavy atom. The number of hydrazone groups is 1. The third-order valence-electron chi connectivity index (χ3n) is 4.37. The van der Waals surface area contributed by atoms with Crippen LogP contribution in [-0.4, -0.2) is 26.6 Å². The molecule has 1 aliphatic heterocycles. The van der Waals surface area contributed by atoms with Crippen molar-refractivity contribution in [3.8, 4) is 0 Å². The molecule has 2 aromatic rings. The van der Waals surface area contributed by atoms with Gasteiger partial charge in [0.1, 0.15) is 5.71 Å². The Morgan fingerprint density at radius 2 is 1.70 bits per heavy atom. The maximum Gasteiger partial charge on any atom is 0.431 e. The van der Waals surface area contributed by atoms with E-state index in [2.05, 4.69) is 5.10 Å². The first-order valence-corrected chi connectivity index (χ1v) is 10.0. The van der Waals surface area contributed by atoms with Crippen LogP contribution in [0.15, 0.2) is 58.5 Å². The second-order valence-electron chi connectivity index (χ2n) is 6.32. The average Bonchev–Trinajstić information content (AvgIpc) is 3.07. The number of rotatable bonds is 4. The fourth-order valence-electron chi connectivity index (χ4n) is 2.90. The quantitative estimate of drug-likeness (QED) is 0.858. The van der Waals surface area contributed by atoms with Crippen LogP contribution in [0.25, 0.3) is 0 Å². The summed E-state index contributed by atoms with van der Waals surface area (Å²) in [5.74, 6) is 0. The molecule has 0 saturated carbocycles. The van der Waals surface area contributed by atoms with Gasteiger partial charge in [0, 0.05) is 19.2 Å². The number of nitrogens with two attached hydrogens (primary N) is 1. The van der Waals surface area contributed by atoms with E-state index in [0.29, 0.717) is 17.8 Å². The summed E-state index contributed by atoms with van der Waals surface area (Å²) in [5.41, 5.74) is 6.59. The lowest BCUT2D eigenvalue weighted by molar-refractivity contribution is -0.0600. The first kappa shape index (κ1) is 19.4. The van der Waals surface area contributed by atoms with Crippen molar-refractivity contribution in [2.75, 3.05) is 11.3 Å². The highest BCUT2D eigenvalue weighted by atomic mass is 32.2. The Balaban J connectivity index is 1.99. The highest BCUT2D eigenvalue weighted by molar-refractivity contribution is 7.90. The monoisotopic (exact) mass is 397 g/mol. The number of hydrogen-bond acceptors (Lipinski definition) is 5. The Hall–Kier alpha value is -2.39. The number of sulfone groups is 1. The van der Waals surface area contributed by atoms with Crippen LogP contribution in [0.2, 0.25) is 0 Å². The van der Waals surface area contributed by atoms with E-state index in [9.17, 15) is 21.6 Å². The first-order valence-electron chi connectivity index (χ1n) is 8.12. The van der Waals surface area contributed by atoms with Crippen LogP contribution in [0, 0.1) is 0 Å². The fourth-order valence-corrected chi connectivity index (χ4v) is 3.53. The summed E-state index contributed by atoms with van der Waals surface area (Å²) < 4.78 is 62.9. The highest BCUT2D eigenvalue weighted by Crippen LogP contribution is 2.39. The van der Waals surface area contributed by atoms with E-state index in [1.165, 1.54) is 29.3 Å². The third-order valence-corrected chi connectivity index (χ3v) is 5.50. The maximum atomic E-state index is 13.2. The minimum atomic E-state index is -4.53. The summed E-state index contributed by atoms with van der Waals surface area (Å²) >= 11 is 0. The summed E-state index contributed by atoms with van der Waals surface area (Å²) in [6, 6.07) is 12.0. The molecule has 144 valence electrons. The SMILES string of the molecule is CS(=O)(=O)c1ccc(C2CC(C(F)(F)F)=NN2c2ccc(CN)cc2)cc1. The van der Waals surface area contributed by atoms with Crippen LogP contribution in [0.3, 0.4) is 0 Å². The van der Waals surface area contributed by atoms with Gasteiger partial charge in [-0.15, -0.1) is 0 Å². The van der Waals surface area contributed by atoms with Crippen molar-refractivity contribution in [3.05, 3.63) is 59.7 Å². The molecule has 0 aromatic heterocycles. The van der Waals surface area contributed by atoms with E-state index in [1.54, 1.807) is 24.3 Å². The van der Waals surface area contributed by atoms with Crippen molar-refractivity contribution in [3.63, 3.8) is 0 Å². The van der Waals surface area contributed by atoms with Gasteiger partial charge in [-0.3, -0.25) is 5.01 Å². The predicted octanol–water partition coefficient (Wildman–Crippen LogP) is 3.42. The van der Waals surface area contributed by atoms with Crippen LogP contribution in [0.5, 0.6) is 0 Å². The van der Waals surface area contributed by atoms with Gasteiger partial charge in [-0.1, -0.05) is 24.3 Å². The van der Waals surface area contributed by atoms with Gasteiger partial charge in [0.05, 0.1) is 16.6 Å². The lowest BCUT2D eigenvalue weighted by Crippen LogP contribution is -2.21. The fraction of sp³-hybridized carbons (Fsp3) is 0.278. The minimum Gasteiger partial charge on any atom is -0.326 e. The van der Waals surface area contributed by atoms with Gasteiger partial charge in [0.15, 0.2) is 9.84 Å². The number of hydrogen-bond donors (Lipinski definition) is 1. The van der Waals surface area contributed by atoms with Gasteiger partial charge in [-0.25, -0.2) is 8.42 Å². The number of benzene rings is 2. The maximum absolute atomic E-state index is 13.2. The first-order chi connectivity index (χ1) is 12.6. The van der Waals surface area contributed by atoms with Gasteiger partial charge in [0.2, 0.25) is 0 Å². The summed E-state index contributed by atoms with van der Waals surface area (Å²) in [7, 11) is -3.38. The summed E-state index contributed by atoms with van der Waals surface area (Å²) in [6.45, 7) is 0.327. The minimum absolute atomic E-state index is 0.111. The van der Waals surface area contributed by atoms with Gasteiger partial charge >= 0.3 is 6.18 Å². The lowest BCUT2D eigenvalue weighted by atomic mass is 10.0. The Kier molecular flexibility index (Phi) is 5.00. The number of nitrogens with zero attached hydrogens (tertiary/aromatic N) is 2. The number of alkyl halides is 3. The normalized spacial score (nSPS) is 17.9. The molecule has 0 fully saturated rings. The Bertz CT molecular complexity index is 953. The molecule has 0 aliphatic carbocycles. The average molecular weight is 397 g/mol. The van der Waals surface area contributed by atoms with Crippen LogP contribution in [0.1, 0.15) is 23.6 Å².